The molecule has 1 saturated heterocycles. The largest absolute Gasteiger partial charge is 0.354 e. The average Bonchev–Trinajstić information content (AvgIpc) is 3.11. The summed E-state index contributed by atoms with van der Waals surface area (Å²) in [5.41, 5.74) is 2.07. The standard InChI is InChI=1S/C24H28FN5O/c1-24(2,18-5-7-19(25)8-6-18)22(31)21-20(17-9-11-26-12-10-17)23(29(4)27-21)30-15-13-28(3)14-16-30/h5-12H,13-16H2,1-4H3. The van der Waals surface area contributed by atoms with Crippen molar-refractivity contribution in [2.45, 2.75) is 19.3 Å². The highest BCUT2D eigenvalue weighted by Gasteiger charge is 2.37. The number of Topliss-reactive ketones (excluding diaryl/α,β-unsaturated/α-hetero) is 1. The number of benzene rings is 1. The third-order valence-corrected chi connectivity index (χ3v) is 6.14. The minimum absolute atomic E-state index is 0.0955. The van der Waals surface area contributed by atoms with Crippen LogP contribution in [0, 0.1) is 5.82 Å². The molecule has 0 aliphatic carbocycles. The van der Waals surface area contributed by atoms with Gasteiger partial charge in [0.1, 0.15) is 17.3 Å². The first kappa shape index (κ1) is 21.2. The molecule has 6 nitrogen and oxygen atoms in total. The molecule has 162 valence electrons. The van der Waals surface area contributed by atoms with Gasteiger partial charge in [-0.15, -0.1) is 0 Å². The van der Waals surface area contributed by atoms with Crippen molar-refractivity contribution >= 4 is 11.6 Å². The Labute approximate surface area is 182 Å². The highest BCUT2D eigenvalue weighted by Crippen LogP contribution is 2.38. The van der Waals surface area contributed by atoms with Crippen LogP contribution in [0.25, 0.3) is 11.1 Å². The highest BCUT2D eigenvalue weighted by molar-refractivity contribution is 6.08. The fourth-order valence-electron chi connectivity index (χ4n) is 4.13. The van der Waals surface area contributed by atoms with E-state index in [1.807, 2.05) is 37.7 Å². The number of aryl methyl sites for hydroxylation is 1. The number of rotatable bonds is 5. The highest BCUT2D eigenvalue weighted by atomic mass is 19.1. The smallest absolute Gasteiger partial charge is 0.193 e. The quantitative estimate of drug-likeness (QED) is 0.590. The summed E-state index contributed by atoms with van der Waals surface area (Å²) < 4.78 is 15.3. The van der Waals surface area contributed by atoms with Gasteiger partial charge in [0.15, 0.2) is 5.78 Å². The maximum absolute atomic E-state index is 13.8. The van der Waals surface area contributed by atoms with E-state index < -0.39 is 5.41 Å². The third kappa shape index (κ3) is 3.97. The van der Waals surface area contributed by atoms with Gasteiger partial charge < -0.3 is 9.80 Å². The van der Waals surface area contributed by atoms with Crippen molar-refractivity contribution in [3.63, 3.8) is 0 Å². The lowest BCUT2D eigenvalue weighted by molar-refractivity contribution is 0.0903. The molecule has 1 aromatic carbocycles. The molecule has 31 heavy (non-hydrogen) atoms. The molecule has 0 unspecified atom stereocenters. The van der Waals surface area contributed by atoms with Gasteiger partial charge in [-0.2, -0.15) is 5.10 Å². The Bertz CT molecular complexity index is 1070. The van der Waals surface area contributed by atoms with Gasteiger partial charge in [0, 0.05) is 45.6 Å². The topological polar surface area (TPSA) is 54.3 Å². The zero-order chi connectivity index (χ0) is 22.2. The zero-order valence-corrected chi connectivity index (χ0v) is 18.5. The van der Waals surface area contributed by atoms with E-state index in [-0.39, 0.29) is 11.6 Å². The molecule has 3 aromatic rings. The van der Waals surface area contributed by atoms with Gasteiger partial charge in [0.25, 0.3) is 0 Å². The molecule has 0 N–H and O–H groups in total. The van der Waals surface area contributed by atoms with Crippen molar-refractivity contribution in [1.29, 1.82) is 0 Å². The minimum Gasteiger partial charge on any atom is -0.354 e. The van der Waals surface area contributed by atoms with Crippen molar-refractivity contribution in [2.24, 2.45) is 7.05 Å². The van der Waals surface area contributed by atoms with Gasteiger partial charge in [-0.3, -0.25) is 14.5 Å². The summed E-state index contributed by atoms with van der Waals surface area (Å²) >= 11 is 0. The molecule has 7 heteroatoms. The summed E-state index contributed by atoms with van der Waals surface area (Å²) in [5.74, 6) is 0.527. The Morgan fingerprint density at radius 3 is 2.19 bits per heavy atom. The number of likely N-dealkylation sites (N-methyl/N-ethyl adjacent to an activating group) is 1. The number of nitrogens with zero attached hydrogens (tertiary/aromatic N) is 5. The van der Waals surface area contributed by atoms with E-state index in [9.17, 15) is 9.18 Å². The molecule has 0 saturated carbocycles. The molecule has 2 aromatic heterocycles. The normalized spacial score (nSPS) is 15.3. The van der Waals surface area contributed by atoms with Crippen molar-refractivity contribution in [2.75, 3.05) is 38.1 Å². The lowest BCUT2D eigenvalue weighted by Gasteiger charge is -2.34. The first-order chi connectivity index (χ1) is 14.8. The zero-order valence-electron chi connectivity index (χ0n) is 18.5. The summed E-state index contributed by atoms with van der Waals surface area (Å²) in [6, 6.07) is 9.95. The van der Waals surface area contributed by atoms with Crippen LogP contribution in [0.15, 0.2) is 48.8 Å². The van der Waals surface area contributed by atoms with Crippen LogP contribution in [0.5, 0.6) is 0 Å². The Morgan fingerprint density at radius 1 is 0.968 bits per heavy atom. The number of anilines is 1. The molecule has 0 amide bonds. The van der Waals surface area contributed by atoms with Gasteiger partial charge in [-0.05, 0) is 56.3 Å². The van der Waals surface area contributed by atoms with Crippen molar-refractivity contribution in [3.8, 4) is 11.1 Å². The predicted octanol–water partition coefficient (Wildman–Crippen LogP) is 3.53. The molecular formula is C24H28FN5O. The van der Waals surface area contributed by atoms with Crippen LogP contribution >= 0.6 is 0 Å². The first-order valence-corrected chi connectivity index (χ1v) is 10.5. The van der Waals surface area contributed by atoms with Crippen LogP contribution in [0.3, 0.4) is 0 Å². The summed E-state index contributed by atoms with van der Waals surface area (Å²) in [4.78, 5) is 22.6. The predicted molar refractivity (Wildman–Crippen MR) is 120 cm³/mol. The number of ketones is 1. The van der Waals surface area contributed by atoms with Crippen molar-refractivity contribution in [1.82, 2.24) is 19.7 Å². The Balaban J connectivity index is 1.83. The summed E-state index contributed by atoms with van der Waals surface area (Å²) in [5, 5.41) is 4.71. The molecule has 3 heterocycles. The molecule has 4 rings (SSSR count). The monoisotopic (exact) mass is 421 g/mol. The Hall–Kier alpha value is -3.06. The Morgan fingerprint density at radius 2 is 1.58 bits per heavy atom. The number of hydrogen-bond acceptors (Lipinski definition) is 5. The number of piperazine rings is 1. The molecule has 0 spiro atoms. The fraction of sp³-hybridized carbons (Fsp3) is 0.375. The SMILES string of the molecule is CN1CCN(c2c(-c3ccncc3)c(C(=O)C(C)(C)c3ccc(F)cc3)nn2C)CC1. The molecule has 1 aliphatic rings. The third-order valence-electron chi connectivity index (χ3n) is 6.14. The lowest BCUT2D eigenvalue weighted by atomic mass is 9.78. The number of pyridine rings is 1. The van der Waals surface area contributed by atoms with Gasteiger partial charge in [-0.1, -0.05) is 12.1 Å². The number of halogens is 1. The lowest BCUT2D eigenvalue weighted by Crippen LogP contribution is -2.45. The first-order valence-electron chi connectivity index (χ1n) is 10.5. The van der Waals surface area contributed by atoms with Crippen LogP contribution < -0.4 is 4.90 Å². The molecular weight excluding hydrogens is 393 g/mol. The fourth-order valence-corrected chi connectivity index (χ4v) is 4.13. The van der Waals surface area contributed by atoms with Gasteiger partial charge >= 0.3 is 0 Å². The second-order valence-corrected chi connectivity index (χ2v) is 8.66. The van der Waals surface area contributed by atoms with Crippen LogP contribution in [-0.2, 0) is 12.5 Å². The number of aromatic nitrogens is 3. The van der Waals surface area contributed by atoms with Crippen molar-refractivity contribution in [3.05, 3.63) is 65.9 Å². The van der Waals surface area contributed by atoms with E-state index in [0.717, 1.165) is 48.7 Å². The molecule has 1 aliphatic heterocycles. The van der Waals surface area contributed by atoms with E-state index >= 15 is 0 Å². The van der Waals surface area contributed by atoms with E-state index in [1.54, 1.807) is 24.5 Å². The van der Waals surface area contributed by atoms with Crippen LogP contribution in [-0.4, -0.2) is 58.7 Å². The molecule has 1 fully saturated rings. The van der Waals surface area contributed by atoms with Gasteiger partial charge in [-0.25, -0.2) is 4.39 Å². The van der Waals surface area contributed by atoms with E-state index in [1.165, 1.54) is 12.1 Å². The van der Waals surface area contributed by atoms with E-state index in [2.05, 4.69) is 21.8 Å². The van der Waals surface area contributed by atoms with Crippen LogP contribution in [0.4, 0.5) is 10.2 Å². The average molecular weight is 422 g/mol. The van der Waals surface area contributed by atoms with Gasteiger partial charge in [0.05, 0.1) is 11.0 Å². The van der Waals surface area contributed by atoms with Crippen LogP contribution in [0.1, 0.15) is 29.9 Å². The maximum atomic E-state index is 13.8. The summed E-state index contributed by atoms with van der Waals surface area (Å²) in [7, 11) is 4.00. The molecule has 0 radical (unpaired) electrons. The van der Waals surface area contributed by atoms with E-state index in [0.29, 0.717) is 5.69 Å². The van der Waals surface area contributed by atoms with Crippen LogP contribution in [0.2, 0.25) is 0 Å². The van der Waals surface area contributed by atoms with Crippen molar-refractivity contribution < 1.29 is 9.18 Å². The molecule has 0 atom stereocenters. The number of carbonyl (C=O) groups is 1. The number of carbonyl (C=O) groups excluding carboxylic acids is 1. The summed E-state index contributed by atoms with van der Waals surface area (Å²) in [6.07, 6.45) is 3.46. The van der Waals surface area contributed by atoms with E-state index in [4.69, 9.17) is 5.10 Å². The number of hydrogen-bond donors (Lipinski definition) is 0. The Kier molecular flexibility index (Phi) is 5.62. The molecule has 0 bridgehead atoms. The minimum atomic E-state index is -0.858. The second-order valence-electron chi connectivity index (χ2n) is 8.66. The second kappa shape index (κ2) is 8.23. The summed E-state index contributed by atoms with van der Waals surface area (Å²) in [6.45, 7) is 7.36. The maximum Gasteiger partial charge on any atom is 0.193 e. The van der Waals surface area contributed by atoms with Gasteiger partial charge in [0.2, 0.25) is 0 Å².